The number of rotatable bonds is 6. The van der Waals surface area contributed by atoms with E-state index in [-0.39, 0.29) is 11.6 Å². The van der Waals surface area contributed by atoms with E-state index < -0.39 is 4.92 Å². The Balaban J connectivity index is 1.83. The van der Waals surface area contributed by atoms with Crippen LogP contribution in [-0.2, 0) is 6.54 Å². The number of nitrogens with one attached hydrogen (secondary N) is 1. The lowest BCUT2D eigenvalue weighted by atomic mass is 10.1. The van der Waals surface area contributed by atoms with Crippen LogP contribution >= 0.6 is 0 Å². The van der Waals surface area contributed by atoms with Gasteiger partial charge in [0.15, 0.2) is 0 Å². The summed E-state index contributed by atoms with van der Waals surface area (Å²) in [5.41, 5.74) is 3.82. The van der Waals surface area contributed by atoms with E-state index in [2.05, 4.69) is 24.1 Å². The summed E-state index contributed by atoms with van der Waals surface area (Å²) in [6, 6.07) is 11.5. The number of pyridine rings is 1. The molecule has 134 valence electrons. The van der Waals surface area contributed by atoms with Crippen molar-refractivity contribution in [3.8, 4) is 5.69 Å². The topological polar surface area (TPSA) is 85.9 Å². The predicted octanol–water partition coefficient (Wildman–Crippen LogP) is 4.22. The second-order valence-electron chi connectivity index (χ2n) is 6.44. The Morgan fingerprint density at radius 3 is 2.62 bits per heavy atom. The molecule has 0 saturated carbocycles. The molecule has 0 unspecified atom stereocenters. The lowest BCUT2D eigenvalue weighted by Crippen LogP contribution is -2.05. The van der Waals surface area contributed by atoms with Crippen molar-refractivity contribution < 1.29 is 4.92 Å². The zero-order valence-corrected chi connectivity index (χ0v) is 15.0. The third-order valence-corrected chi connectivity index (χ3v) is 4.11. The number of benzene rings is 1. The minimum absolute atomic E-state index is 0.00665. The first-order chi connectivity index (χ1) is 12.5. The van der Waals surface area contributed by atoms with Gasteiger partial charge in [0.05, 0.1) is 16.3 Å². The van der Waals surface area contributed by atoms with Crippen molar-refractivity contribution in [1.29, 1.82) is 0 Å². The zero-order chi connectivity index (χ0) is 18.7. The van der Waals surface area contributed by atoms with Gasteiger partial charge in [0.25, 0.3) is 5.69 Å². The third-order valence-electron chi connectivity index (χ3n) is 4.11. The SMILES string of the molecule is Cc1cc([N+](=O)[O-])cnc1NCc1cn(-c2ccccc2)nc1C(C)C. The van der Waals surface area contributed by atoms with Crippen molar-refractivity contribution in [2.45, 2.75) is 33.2 Å². The summed E-state index contributed by atoms with van der Waals surface area (Å²) in [4.78, 5) is 14.6. The van der Waals surface area contributed by atoms with E-state index >= 15 is 0 Å². The lowest BCUT2D eigenvalue weighted by molar-refractivity contribution is -0.385. The van der Waals surface area contributed by atoms with Gasteiger partial charge < -0.3 is 5.32 Å². The molecular weight excluding hydrogens is 330 g/mol. The lowest BCUT2D eigenvalue weighted by Gasteiger charge is -2.09. The van der Waals surface area contributed by atoms with E-state index in [0.717, 1.165) is 22.5 Å². The van der Waals surface area contributed by atoms with E-state index in [1.54, 1.807) is 6.92 Å². The Morgan fingerprint density at radius 1 is 1.27 bits per heavy atom. The van der Waals surface area contributed by atoms with Crippen LogP contribution in [0.25, 0.3) is 5.69 Å². The van der Waals surface area contributed by atoms with Gasteiger partial charge in [-0.15, -0.1) is 0 Å². The number of hydrogen-bond acceptors (Lipinski definition) is 5. The monoisotopic (exact) mass is 351 g/mol. The number of hydrogen-bond donors (Lipinski definition) is 1. The van der Waals surface area contributed by atoms with Crippen LogP contribution in [0.2, 0.25) is 0 Å². The fourth-order valence-corrected chi connectivity index (χ4v) is 2.78. The molecule has 0 radical (unpaired) electrons. The van der Waals surface area contributed by atoms with Crippen molar-refractivity contribution in [1.82, 2.24) is 14.8 Å². The fourth-order valence-electron chi connectivity index (χ4n) is 2.78. The van der Waals surface area contributed by atoms with Crippen LogP contribution in [0.5, 0.6) is 0 Å². The Labute approximate surface area is 151 Å². The van der Waals surface area contributed by atoms with Gasteiger partial charge >= 0.3 is 0 Å². The van der Waals surface area contributed by atoms with Gasteiger partial charge in [-0.25, -0.2) is 9.67 Å². The van der Waals surface area contributed by atoms with E-state index in [4.69, 9.17) is 5.10 Å². The van der Waals surface area contributed by atoms with Gasteiger partial charge in [-0.3, -0.25) is 10.1 Å². The standard InChI is InChI=1S/C19H21N5O2/c1-13(2)18-15(12-23(22-18)16-7-5-4-6-8-16)10-20-19-14(3)9-17(11-21-19)24(25)26/h4-9,11-13H,10H2,1-3H3,(H,20,21). The first kappa shape index (κ1) is 17.6. The second kappa shape index (κ2) is 7.35. The van der Waals surface area contributed by atoms with Crippen molar-refractivity contribution in [3.05, 3.63) is 75.7 Å². The molecule has 7 heteroatoms. The summed E-state index contributed by atoms with van der Waals surface area (Å²) in [6.45, 7) is 6.57. The molecule has 0 aliphatic heterocycles. The maximum atomic E-state index is 10.8. The van der Waals surface area contributed by atoms with E-state index in [1.807, 2.05) is 41.2 Å². The van der Waals surface area contributed by atoms with Gasteiger partial charge in [-0.1, -0.05) is 32.0 Å². The number of anilines is 1. The van der Waals surface area contributed by atoms with Gasteiger partial charge in [0.1, 0.15) is 12.0 Å². The molecular formula is C19H21N5O2. The quantitative estimate of drug-likeness (QED) is 0.531. The maximum absolute atomic E-state index is 10.8. The van der Waals surface area contributed by atoms with Crippen LogP contribution in [0, 0.1) is 17.0 Å². The number of nitro groups is 1. The van der Waals surface area contributed by atoms with Crippen LogP contribution in [0.15, 0.2) is 48.8 Å². The molecule has 1 aromatic carbocycles. The number of aryl methyl sites for hydroxylation is 1. The largest absolute Gasteiger partial charge is 0.366 e. The summed E-state index contributed by atoms with van der Waals surface area (Å²) in [5, 5.41) is 18.8. The molecule has 2 heterocycles. The Hall–Kier alpha value is -3.22. The maximum Gasteiger partial charge on any atom is 0.287 e. The normalized spacial score (nSPS) is 10.9. The molecule has 26 heavy (non-hydrogen) atoms. The van der Waals surface area contributed by atoms with Crippen LogP contribution in [0.1, 0.15) is 36.6 Å². The molecule has 0 fully saturated rings. The number of nitrogens with zero attached hydrogens (tertiary/aromatic N) is 4. The van der Waals surface area contributed by atoms with Crippen molar-refractivity contribution in [3.63, 3.8) is 0 Å². The molecule has 0 aliphatic carbocycles. The molecule has 2 aromatic heterocycles. The minimum Gasteiger partial charge on any atom is -0.366 e. The van der Waals surface area contributed by atoms with Crippen LogP contribution < -0.4 is 5.32 Å². The highest BCUT2D eigenvalue weighted by Gasteiger charge is 2.15. The molecule has 3 aromatic rings. The van der Waals surface area contributed by atoms with Crippen molar-refractivity contribution in [2.24, 2.45) is 0 Å². The molecule has 0 saturated heterocycles. The number of aromatic nitrogens is 3. The Bertz CT molecular complexity index is 919. The third kappa shape index (κ3) is 3.72. The summed E-state index contributed by atoms with van der Waals surface area (Å²) >= 11 is 0. The highest BCUT2D eigenvalue weighted by atomic mass is 16.6. The van der Waals surface area contributed by atoms with Gasteiger partial charge in [-0.2, -0.15) is 5.10 Å². The van der Waals surface area contributed by atoms with Gasteiger partial charge in [0.2, 0.25) is 0 Å². The molecule has 0 aliphatic rings. The average Bonchev–Trinajstić information content (AvgIpc) is 3.06. The molecule has 0 bridgehead atoms. The summed E-state index contributed by atoms with van der Waals surface area (Å²) < 4.78 is 1.88. The molecule has 3 rings (SSSR count). The molecule has 7 nitrogen and oxygen atoms in total. The van der Waals surface area contributed by atoms with E-state index in [0.29, 0.717) is 12.4 Å². The average molecular weight is 351 g/mol. The van der Waals surface area contributed by atoms with E-state index in [9.17, 15) is 10.1 Å². The zero-order valence-electron chi connectivity index (χ0n) is 15.0. The predicted molar refractivity (Wildman–Crippen MR) is 101 cm³/mol. The van der Waals surface area contributed by atoms with E-state index in [1.165, 1.54) is 12.3 Å². The summed E-state index contributed by atoms with van der Waals surface area (Å²) in [5.74, 6) is 0.917. The molecule has 0 spiro atoms. The van der Waals surface area contributed by atoms with Crippen LogP contribution in [0.3, 0.4) is 0 Å². The summed E-state index contributed by atoms with van der Waals surface area (Å²) in [7, 11) is 0. The molecule has 0 amide bonds. The smallest absolute Gasteiger partial charge is 0.287 e. The second-order valence-corrected chi connectivity index (χ2v) is 6.44. The first-order valence-corrected chi connectivity index (χ1v) is 8.44. The molecule has 0 atom stereocenters. The Kier molecular flexibility index (Phi) is 4.97. The van der Waals surface area contributed by atoms with Crippen molar-refractivity contribution in [2.75, 3.05) is 5.32 Å². The van der Waals surface area contributed by atoms with Crippen molar-refractivity contribution >= 4 is 11.5 Å². The molecule has 1 N–H and O–H groups in total. The van der Waals surface area contributed by atoms with Crippen LogP contribution in [-0.4, -0.2) is 19.7 Å². The number of para-hydroxylation sites is 1. The highest BCUT2D eigenvalue weighted by Crippen LogP contribution is 2.23. The van der Waals surface area contributed by atoms with Crippen LogP contribution in [0.4, 0.5) is 11.5 Å². The van der Waals surface area contributed by atoms with Gasteiger partial charge in [-0.05, 0) is 30.5 Å². The van der Waals surface area contributed by atoms with Gasteiger partial charge in [0, 0.05) is 24.4 Å². The highest BCUT2D eigenvalue weighted by molar-refractivity contribution is 5.49. The fraction of sp³-hybridized carbons (Fsp3) is 0.263. The Morgan fingerprint density at radius 2 is 2.00 bits per heavy atom. The minimum atomic E-state index is -0.440. The first-order valence-electron chi connectivity index (χ1n) is 8.44. The summed E-state index contributed by atoms with van der Waals surface area (Å²) in [6.07, 6.45) is 3.28.